The normalized spacial score (nSPS) is 10.8. The van der Waals surface area contributed by atoms with Crippen LogP contribution in [-0.2, 0) is 0 Å². The first-order valence-electron chi connectivity index (χ1n) is 7.02. The highest BCUT2D eigenvalue weighted by molar-refractivity contribution is 9.10. The molecular weight excluding hydrogens is 400 g/mol. The molecule has 0 unspecified atom stereocenters. The Kier molecular flexibility index (Phi) is 7.42. The van der Waals surface area contributed by atoms with Crippen LogP contribution in [0.15, 0.2) is 40.0 Å². The van der Waals surface area contributed by atoms with Crippen molar-refractivity contribution in [2.75, 3.05) is 32.0 Å². The monoisotopic (exact) mass is 416 g/mol. The van der Waals surface area contributed by atoms with Crippen LogP contribution < -0.4 is 9.46 Å². The molecule has 0 radical (unpaired) electrons. The fraction of sp³-hybridized carbons (Fsp3) is 0.333. The molecule has 8 heteroatoms. The molecule has 1 N–H and O–H groups in total. The largest absolute Gasteiger partial charge is 0.476 e. The summed E-state index contributed by atoms with van der Waals surface area (Å²) in [4.78, 5) is 11.5. The highest BCUT2D eigenvalue weighted by atomic mass is 79.9. The molecule has 5 nitrogen and oxygen atoms in total. The molecule has 2 aromatic heterocycles. The van der Waals surface area contributed by atoms with Gasteiger partial charge in [0.05, 0.1) is 6.61 Å². The number of pyridine rings is 2. The molecule has 0 aliphatic rings. The van der Waals surface area contributed by atoms with Gasteiger partial charge in [-0.15, -0.1) is 0 Å². The number of rotatable bonds is 8. The number of anilines is 1. The van der Waals surface area contributed by atoms with E-state index in [2.05, 4.69) is 35.5 Å². The summed E-state index contributed by atoms with van der Waals surface area (Å²) in [5.41, 5.74) is 0.809. The van der Waals surface area contributed by atoms with Gasteiger partial charge in [0.25, 0.3) is 0 Å². The zero-order chi connectivity index (χ0) is 16.7. The first-order valence-corrected chi connectivity index (χ1v) is 9.01. The van der Waals surface area contributed by atoms with Gasteiger partial charge in [-0.05, 0) is 66.6 Å². The van der Waals surface area contributed by atoms with E-state index in [4.69, 9.17) is 16.3 Å². The Balaban J connectivity index is 1.96. The molecular formula is C15H18BrClN4OS. The molecule has 0 saturated heterocycles. The van der Waals surface area contributed by atoms with Crippen LogP contribution >= 0.6 is 39.5 Å². The molecule has 0 spiro atoms. The lowest BCUT2D eigenvalue weighted by Crippen LogP contribution is -2.15. The fourth-order valence-electron chi connectivity index (χ4n) is 1.70. The van der Waals surface area contributed by atoms with Crippen LogP contribution in [0.5, 0.6) is 5.88 Å². The summed E-state index contributed by atoms with van der Waals surface area (Å²) in [6.07, 6.45) is 4.38. The van der Waals surface area contributed by atoms with E-state index in [9.17, 15) is 0 Å². The average Bonchev–Trinajstić information content (AvgIpc) is 2.52. The number of aromatic nitrogens is 2. The number of halogens is 2. The van der Waals surface area contributed by atoms with Gasteiger partial charge in [-0.25, -0.2) is 9.97 Å². The molecule has 2 aromatic rings. The summed E-state index contributed by atoms with van der Waals surface area (Å²) in [5.74, 6) is 0.585. The lowest BCUT2D eigenvalue weighted by Gasteiger charge is -2.13. The topological polar surface area (TPSA) is 50.3 Å². The van der Waals surface area contributed by atoms with Gasteiger partial charge in [-0.1, -0.05) is 11.6 Å². The molecule has 0 atom stereocenters. The van der Waals surface area contributed by atoms with Gasteiger partial charge in [0.15, 0.2) is 0 Å². The Morgan fingerprint density at radius 2 is 2.13 bits per heavy atom. The second kappa shape index (κ2) is 9.32. The molecule has 0 amide bonds. The third kappa shape index (κ3) is 6.55. The van der Waals surface area contributed by atoms with E-state index in [1.54, 1.807) is 18.5 Å². The second-order valence-electron chi connectivity index (χ2n) is 5.03. The van der Waals surface area contributed by atoms with E-state index in [1.165, 1.54) is 11.9 Å². The van der Waals surface area contributed by atoms with Crippen molar-refractivity contribution in [2.24, 2.45) is 0 Å². The van der Waals surface area contributed by atoms with Gasteiger partial charge >= 0.3 is 0 Å². The summed E-state index contributed by atoms with van der Waals surface area (Å²) in [7, 11) is 4.09. The van der Waals surface area contributed by atoms with Crippen molar-refractivity contribution in [3.05, 3.63) is 40.2 Å². The molecule has 0 saturated carbocycles. The van der Waals surface area contributed by atoms with E-state index >= 15 is 0 Å². The van der Waals surface area contributed by atoms with Crippen LogP contribution in [0.1, 0.15) is 6.42 Å². The minimum Gasteiger partial charge on any atom is -0.476 e. The fourth-order valence-corrected chi connectivity index (χ4v) is 2.76. The maximum atomic E-state index is 5.79. The molecule has 124 valence electrons. The standard InChI is InChI=1S/C15H18BrClN4OS/c1-21(2)6-3-7-22-15-13(8-11(16)9-19-15)20-23-12-4-5-14(17)18-10-12/h4-5,8-10,20H,3,6-7H2,1-2H3. The highest BCUT2D eigenvalue weighted by Gasteiger charge is 2.07. The van der Waals surface area contributed by atoms with Gasteiger partial charge in [-0.3, -0.25) is 0 Å². The van der Waals surface area contributed by atoms with Crippen LogP contribution in [-0.4, -0.2) is 42.1 Å². The van der Waals surface area contributed by atoms with Crippen molar-refractivity contribution in [3.8, 4) is 5.88 Å². The minimum atomic E-state index is 0.475. The summed E-state index contributed by atoms with van der Waals surface area (Å²) < 4.78 is 9.91. The maximum absolute atomic E-state index is 5.79. The Morgan fingerprint density at radius 3 is 2.83 bits per heavy atom. The van der Waals surface area contributed by atoms with Crippen molar-refractivity contribution in [3.63, 3.8) is 0 Å². The summed E-state index contributed by atoms with van der Waals surface area (Å²) in [5, 5.41) is 0.475. The van der Waals surface area contributed by atoms with Crippen LogP contribution in [0, 0.1) is 0 Å². The van der Waals surface area contributed by atoms with Crippen molar-refractivity contribution in [2.45, 2.75) is 11.3 Å². The number of nitrogens with zero attached hydrogens (tertiary/aromatic N) is 3. The predicted molar refractivity (Wildman–Crippen MR) is 99.3 cm³/mol. The van der Waals surface area contributed by atoms with Gasteiger partial charge in [0.2, 0.25) is 5.88 Å². The molecule has 0 fully saturated rings. The zero-order valence-corrected chi connectivity index (χ0v) is 16.1. The molecule has 2 rings (SSSR count). The Labute approximate surface area is 154 Å². The second-order valence-corrected chi connectivity index (χ2v) is 7.21. The summed E-state index contributed by atoms with van der Waals surface area (Å²) >= 11 is 10.6. The zero-order valence-electron chi connectivity index (χ0n) is 12.9. The van der Waals surface area contributed by atoms with Crippen LogP contribution in [0.3, 0.4) is 0 Å². The van der Waals surface area contributed by atoms with Gasteiger partial charge < -0.3 is 14.4 Å². The maximum Gasteiger partial charge on any atom is 0.238 e. The van der Waals surface area contributed by atoms with Crippen molar-refractivity contribution in [1.29, 1.82) is 0 Å². The minimum absolute atomic E-state index is 0.475. The van der Waals surface area contributed by atoms with E-state index in [1.807, 2.05) is 26.2 Å². The van der Waals surface area contributed by atoms with Crippen molar-refractivity contribution >= 4 is 45.2 Å². The van der Waals surface area contributed by atoms with E-state index in [0.29, 0.717) is 17.6 Å². The Hall–Kier alpha value is -1.02. The number of ether oxygens (including phenoxy) is 1. The highest BCUT2D eigenvalue weighted by Crippen LogP contribution is 2.30. The van der Waals surface area contributed by atoms with Crippen LogP contribution in [0.25, 0.3) is 0 Å². The smallest absolute Gasteiger partial charge is 0.238 e. The molecule has 0 aromatic carbocycles. The van der Waals surface area contributed by atoms with E-state index in [-0.39, 0.29) is 0 Å². The number of nitrogens with one attached hydrogen (secondary N) is 1. The number of hydrogen-bond donors (Lipinski definition) is 1. The van der Waals surface area contributed by atoms with Gasteiger partial charge in [0, 0.05) is 28.3 Å². The molecule has 0 bridgehead atoms. The molecule has 23 heavy (non-hydrogen) atoms. The first kappa shape index (κ1) is 18.3. The third-order valence-electron chi connectivity index (χ3n) is 2.79. The number of hydrogen-bond acceptors (Lipinski definition) is 6. The quantitative estimate of drug-likeness (QED) is 0.392. The van der Waals surface area contributed by atoms with Crippen molar-refractivity contribution in [1.82, 2.24) is 14.9 Å². The Morgan fingerprint density at radius 1 is 1.30 bits per heavy atom. The summed E-state index contributed by atoms with van der Waals surface area (Å²) in [6.45, 7) is 1.60. The lowest BCUT2D eigenvalue weighted by molar-refractivity contribution is 0.274. The van der Waals surface area contributed by atoms with E-state index in [0.717, 1.165) is 28.0 Å². The van der Waals surface area contributed by atoms with E-state index < -0.39 is 0 Å². The van der Waals surface area contributed by atoms with Crippen LogP contribution in [0.4, 0.5) is 5.69 Å². The molecule has 0 aliphatic heterocycles. The Bertz CT molecular complexity index is 627. The van der Waals surface area contributed by atoms with Crippen LogP contribution in [0.2, 0.25) is 5.15 Å². The third-order valence-corrected chi connectivity index (χ3v) is 4.24. The van der Waals surface area contributed by atoms with Gasteiger partial charge in [-0.2, -0.15) is 0 Å². The average molecular weight is 418 g/mol. The predicted octanol–water partition coefficient (Wildman–Crippen LogP) is 4.34. The SMILES string of the molecule is CN(C)CCCOc1ncc(Br)cc1NSc1ccc(Cl)nc1. The summed E-state index contributed by atoms with van der Waals surface area (Å²) in [6, 6.07) is 5.59. The molecule has 2 heterocycles. The lowest BCUT2D eigenvalue weighted by atomic mass is 10.4. The van der Waals surface area contributed by atoms with Gasteiger partial charge in [0.1, 0.15) is 10.8 Å². The molecule has 0 aliphatic carbocycles. The first-order chi connectivity index (χ1) is 11.0. The van der Waals surface area contributed by atoms with Crippen molar-refractivity contribution < 1.29 is 4.74 Å².